The Labute approximate surface area is 184 Å². The average Bonchev–Trinajstić information content (AvgIpc) is 2.82. The summed E-state index contributed by atoms with van der Waals surface area (Å²) >= 11 is 0. The van der Waals surface area contributed by atoms with Crippen LogP contribution in [-0.4, -0.2) is 71.6 Å². The number of benzene rings is 2. The summed E-state index contributed by atoms with van der Waals surface area (Å²) in [5.41, 5.74) is 1.54. The topological polar surface area (TPSA) is 128 Å². The van der Waals surface area contributed by atoms with Gasteiger partial charge in [-0.2, -0.15) is 0 Å². The molecule has 0 unspecified atom stereocenters. The predicted octanol–water partition coefficient (Wildman–Crippen LogP) is 1.99. The first kappa shape index (κ1) is 22.6. The van der Waals surface area contributed by atoms with E-state index >= 15 is 0 Å². The summed E-state index contributed by atoms with van der Waals surface area (Å²) in [5, 5.41) is 13.6. The predicted molar refractivity (Wildman–Crippen MR) is 115 cm³/mol. The number of carbonyl (C=O) groups excluding carboxylic acids is 3. The number of carboxylic acids is 1. The molecule has 0 bridgehead atoms. The van der Waals surface area contributed by atoms with Crippen LogP contribution in [0.2, 0.25) is 0 Å². The largest absolute Gasteiger partial charge is 0.480 e. The molecule has 0 saturated carbocycles. The minimum Gasteiger partial charge on any atom is -0.480 e. The summed E-state index contributed by atoms with van der Waals surface area (Å²) in [4.78, 5) is 50.5. The Morgan fingerprint density at radius 3 is 2.28 bits per heavy atom. The standard InChI is InChI=1S/C22H24N4O6/c27-19(28)14-23-20(29)17-7-4-8-18(13-17)24-21(30)25-9-11-26(12-10-25)22(31)32-15-16-5-2-1-3-6-16/h1-8,13H,9-12,14-15H2,(H,23,29)(H,24,30)(H,27,28). The Morgan fingerprint density at radius 2 is 1.59 bits per heavy atom. The average molecular weight is 440 g/mol. The first-order chi connectivity index (χ1) is 15.4. The number of hydrogen-bond acceptors (Lipinski definition) is 5. The fourth-order valence-electron chi connectivity index (χ4n) is 3.10. The van der Waals surface area contributed by atoms with Crippen LogP contribution in [0.3, 0.4) is 0 Å². The van der Waals surface area contributed by atoms with E-state index in [0.717, 1.165) is 5.56 Å². The van der Waals surface area contributed by atoms with Crippen molar-refractivity contribution in [2.75, 3.05) is 38.0 Å². The van der Waals surface area contributed by atoms with E-state index in [1.165, 1.54) is 12.1 Å². The van der Waals surface area contributed by atoms with Crippen molar-refractivity contribution in [1.82, 2.24) is 15.1 Å². The highest BCUT2D eigenvalue weighted by atomic mass is 16.6. The zero-order valence-electron chi connectivity index (χ0n) is 17.3. The molecule has 32 heavy (non-hydrogen) atoms. The maximum absolute atomic E-state index is 12.6. The smallest absolute Gasteiger partial charge is 0.410 e. The van der Waals surface area contributed by atoms with Crippen LogP contribution < -0.4 is 10.6 Å². The number of piperazine rings is 1. The number of hydrogen-bond donors (Lipinski definition) is 3. The first-order valence-corrected chi connectivity index (χ1v) is 10.0. The molecule has 3 rings (SSSR count). The van der Waals surface area contributed by atoms with Crippen LogP contribution in [0.4, 0.5) is 15.3 Å². The number of nitrogens with one attached hydrogen (secondary N) is 2. The number of anilines is 1. The van der Waals surface area contributed by atoms with Crippen LogP contribution >= 0.6 is 0 Å². The van der Waals surface area contributed by atoms with Gasteiger partial charge >= 0.3 is 18.1 Å². The van der Waals surface area contributed by atoms with Crippen molar-refractivity contribution in [1.29, 1.82) is 0 Å². The maximum Gasteiger partial charge on any atom is 0.410 e. The van der Waals surface area contributed by atoms with Gasteiger partial charge in [0, 0.05) is 37.4 Å². The second-order valence-electron chi connectivity index (χ2n) is 7.10. The maximum atomic E-state index is 12.6. The third-order valence-corrected chi connectivity index (χ3v) is 4.81. The van der Waals surface area contributed by atoms with Gasteiger partial charge < -0.3 is 30.3 Å². The Kier molecular flexibility index (Phi) is 7.63. The summed E-state index contributed by atoms with van der Waals surface area (Å²) in [5.74, 6) is -1.70. The van der Waals surface area contributed by atoms with Gasteiger partial charge in [-0.25, -0.2) is 9.59 Å². The molecular weight excluding hydrogens is 416 g/mol. The van der Waals surface area contributed by atoms with Crippen LogP contribution in [-0.2, 0) is 16.1 Å². The summed E-state index contributed by atoms with van der Waals surface area (Å²) < 4.78 is 5.32. The van der Waals surface area contributed by atoms with Gasteiger partial charge in [0.2, 0.25) is 0 Å². The summed E-state index contributed by atoms with van der Waals surface area (Å²) in [6.45, 7) is 1.07. The zero-order chi connectivity index (χ0) is 22.9. The summed E-state index contributed by atoms with van der Waals surface area (Å²) in [6.07, 6.45) is -0.422. The van der Waals surface area contributed by atoms with E-state index < -0.39 is 24.5 Å². The van der Waals surface area contributed by atoms with Crippen molar-refractivity contribution >= 4 is 29.7 Å². The van der Waals surface area contributed by atoms with Crippen molar-refractivity contribution in [2.45, 2.75) is 6.61 Å². The lowest BCUT2D eigenvalue weighted by Gasteiger charge is -2.34. The number of rotatable bonds is 6. The molecule has 1 fully saturated rings. The van der Waals surface area contributed by atoms with E-state index in [2.05, 4.69) is 10.6 Å². The highest BCUT2D eigenvalue weighted by Gasteiger charge is 2.25. The molecular formula is C22H24N4O6. The van der Waals surface area contributed by atoms with Crippen LogP contribution in [0.1, 0.15) is 15.9 Å². The van der Waals surface area contributed by atoms with Crippen LogP contribution in [0, 0.1) is 0 Å². The normalized spacial score (nSPS) is 13.2. The lowest BCUT2D eigenvalue weighted by atomic mass is 10.2. The Balaban J connectivity index is 1.46. The molecule has 10 nitrogen and oxygen atoms in total. The molecule has 1 heterocycles. The number of carbonyl (C=O) groups is 4. The van der Waals surface area contributed by atoms with E-state index in [1.807, 2.05) is 30.3 Å². The Bertz CT molecular complexity index is 973. The minimum atomic E-state index is -1.15. The molecule has 4 amide bonds. The number of amides is 4. The lowest BCUT2D eigenvalue weighted by molar-refractivity contribution is -0.135. The van der Waals surface area contributed by atoms with Gasteiger partial charge in [-0.1, -0.05) is 36.4 Å². The monoisotopic (exact) mass is 440 g/mol. The molecule has 1 aliphatic rings. The lowest BCUT2D eigenvalue weighted by Crippen LogP contribution is -2.51. The van der Waals surface area contributed by atoms with Gasteiger partial charge in [0.25, 0.3) is 5.91 Å². The molecule has 1 aliphatic heterocycles. The third-order valence-electron chi connectivity index (χ3n) is 4.81. The SMILES string of the molecule is O=C(O)CNC(=O)c1cccc(NC(=O)N2CCN(C(=O)OCc3ccccc3)CC2)c1. The quantitative estimate of drug-likeness (QED) is 0.630. The number of aliphatic carboxylic acids is 1. The number of carboxylic acid groups (broad SMARTS) is 1. The van der Waals surface area contributed by atoms with Crippen molar-refractivity contribution in [2.24, 2.45) is 0 Å². The van der Waals surface area contributed by atoms with E-state index in [-0.39, 0.29) is 18.2 Å². The second-order valence-corrected chi connectivity index (χ2v) is 7.10. The van der Waals surface area contributed by atoms with Gasteiger partial charge in [-0.05, 0) is 23.8 Å². The second kappa shape index (κ2) is 10.8. The Morgan fingerprint density at radius 1 is 0.906 bits per heavy atom. The van der Waals surface area contributed by atoms with E-state index in [1.54, 1.807) is 21.9 Å². The fourth-order valence-corrected chi connectivity index (χ4v) is 3.10. The first-order valence-electron chi connectivity index (χ1n) is 10.0. The number of ether oxygens (including phenoxy) is 1. The molecule has 3 N–H and O–H groups in total. The molecule has 1 saturated heterocycles. The number of nitrogens with zero attached hydrogens (tertiary/aromatic N) is 2. The van der Waals surface area contributed by atoms with Gasteiger partial charge in [0.1, 0.15) is 13.2 Å². The third kappa shape index (κ3) is 6.46. The highest BCUT2D eigenvalue weighted by molar-refractivity contribution is 5.98. The van der Waals surface area contributed by atoms with Gasteiger partial charge in [0.05, 0.1) is 0 Å². The molecule has 0 atom stereocenters. The van der Waals surface area contributed by atoms with Crippen molar-refractivity contribution in [3.63, 3.8) is 0 Å². The van der Waals surface area contributed by atoms with Gasteiger partial charge in [0.15, 0.2) is 0 Å². The van der Waals surface area contributed by atoms with Crippen molar-refractivity contribution in [3.05, 3.63) is 65.7 Å². The van der Waals surface area contributed by atoms with E-state index in [4.69, 9.17) is 9.84 Å². The molecule has 168 valence electrons. The van der Waals surface area contributed by atoms with Crippen LogP contribution in [0.5, 0.6) is 0 Å². The molecule has 0 aromatic heterocycles. The van der Waals surface area contributed by atoms with Gasteiger partial charge in [-0.15, -0.1) is 0 Å². The van der Waals surface area contributed by atoms with E-state index in [0.29, 0.717) is 31.9 Å². The van der Waals surface area contributed by atoms with Gasteiger partial charge in [-0.3, -0.25) is 9.59 Å². The molecule has 0 radical (unpaired) electrons. The number of urea groups is 1. The van der Waals surface area contributed by atoms with Crippen molar-refractivity contribution < 1.29 is 29.0 Å². The minimum absolute atomic E-state index is 0.191. The zero-order valence-corrected chi connectivity index (χ0v) is 17.3. The van der Waals surface area contributed by atoms with Crippen LogP contribution in [0.25, 0.3) is 0 Å². The summed E-state index contributed by atoms with van der Waals surface area (Å²) in [7, 11) is 0. The van der Waals surface area contributed by atoms with E-state index in [9.17, 15) is 19.2 Å². The Hall–Kier alpha value is -4.08. The highest BCUT2D eigenvalue weighted by Crippen LogP contribution is 2.13. The fraction of sp³-hybridized carbons (Fsp3) is 0.273. The molecule has 2 aromatic rings. The van der Waals surface area contributed by atoms with Crippen molar-refractivity contribution in [3.8, 4) is 0 Å². The van der Waals surface area contributed by atoms with Crippen LogP contribution in [0.15, 0.2) is 54.6 Å². The molecule has 2 aromatic carbocycles. The summed E-state index contributed by atoms with van der Waals surface area (Å²) in [6, 6.07) is 15.2. The molecule has 0 aliphatic carbocycles. The molecule has 10 heteroatoms. The molecule has 0 spiro atoms.